The van der Waals surface area contributed by atoms with Gasteiger partial charge in [0.05, 0.1) is 6.54 Å². The van der Waals surface area contributed by atoms with E-state index in [4.69, 9.17) is 0 Å². The Morgan fingerprint density at radius 2 is 2.50 bits per heavy atom. The molecule has 0 saturated heterocycles. The highest BCUT2D eigenvalue weighted by Crippen LogP contribution is 1.86. The Hall–Kier alpha value is -0.730. The van der Waals surface area contributed by atoms with Gasteiger partial charge >= 0.3 is 0 Å². The highest BCUT2D eigenvalue weighted by atomic mass is 15.4. The zero-order valence-electron chi connectivity index (χ0n) is 3.33. The zero-order valence-corrected chi connectivity index (χ0v) is 3.33. The van der Waals surface area contributed by atoms with E-state index in [2.05, 4.69) is 15.4 Å². The standard InChI is InChI=1S/C3H5N3/c1-2-4-6-5-3-1/h2H,1,3H2. The van der Waals surface area contributed by atoms with Crippen molar-refractivity contribution in [1.82, 2.24) is 0 Å². The minimum atomic E-state index is 0.809. The summed E-state index contributed by atoms with van der Waals surface area (Å²) in [6.07, 6.45) is 2.70. The molecule has 0 bridgehead atoms. The third-order valence-electron chi connectivity index (χ3n) is 0.555. The number of rotatable bonds is 0. The lowest BCUT2D eigenvalue weighted by atomic mass is 10.5. The number of hydrogen-bond acceptors (Lipinski definition) is 3. The fourth-order valence-electron chi connectivity index (χ4n) is 0.291. The second-order valence-electron chi connectivity index (χ2n) is 1.04. The number of nitrogens with zero attached hydrogens (tertiary/aromatic N) is 3. The molecule has 0 N–H and O–H groups in total. The molecule has 0 radical (unpaired) electrons. The van der Waals surface area contributed by atoms with Crippen LogP contribution in [0.25, 0.3) is 0 Å². The Morgan fingerprint density at radius 3 is 2.67 bits per heavy atom. The Morgan fingerprint density at radius 1 is 1.50 bits per heavy atom. The minimum Gasteiger partial charge on any atom is -0.169 e. The molecule has 0 aromatic heterocycles. The molecule has 32 valence electrons. The SMILES string of the molecule is C1=NN=NCC1. The number of hydrogen-bond donors (Lipinski definition) is 0. The lowest BCUT2D eigenvalue weighted by Crippen LogP contribution is -1.83. The fourth-order valence-corrected chi connectivity index (χ4v) is 0.291. The molecule has 0 amide bonds. The molecule has 0 atom stereocenters. The van der Waals surface area contributed by atoms with Crippen LogP contribution in [-0.2, 0) is 0 Å². The quantitative estimate of drug-likeness (QED) is 0.416. The van der Waals surface area contributed by atoms with Gasteiger partial charge in [0.2, 0.25) is 0 Å². The molecule has 6 heavy (non-hydrogen) atoms. The first-order valence-corrected chi connectivity index (χ1v) is 1.88. The Bertz CT molecular complexity index is 72.0. The van der Waals surface area contributed by atoms with Gasteiger partial charge in [-0.05, 0) is 5.22 Å². The summed E-state index contributed by atoms with van der Waals surface area (Å²) < 4.78 is 0. The Balaban J connectivity index is 2.46. The van der Waals surface area contributed by atoms with Crippen molar-refractivity contribution in [3.8, 4) is 0 Å². The molecule has 0 aromatic rings. The summed E-state index contributed by atoms with van der Waals surface area (Å²) in [6.45, 7) is 0.809. The molecule has 3 nitrogen and oxygen atoms in total. The van der Waals surface area contributed by atoms with Crippen LogP contribution in [0.2, 0.25) is 0 Å². The van der Waals surface area contributed by atoms with Crippen LogP contribution >= 0.6 is 0 Å². The largest absolute Gasteiger partial charge is 0.169 e. The average molecular weight is 83.1 g/mol. The van der Waals surface area contributed by atoms with Crippen molar-refractivity contribution in [2.24, 2.45) is 15.4 Å². The molecular formula is C3H5N3. The van der Waals surface area contributed by atoms with Gasteiger partial charge in [0.25, 0.3) is 0 Å². The van der Waals surface area contributed by atoms with Crippen LogP contribution in [0, 0.1) is 0 Å². The molecule has 1 aliphatic rings. The highest BCUT2D eigenvalue weighted by molar-refractivity contribution is 5.57. The van der Waals surface area contributed by atoms with Crippen molar-refractivity contribution in [1.29, 1.82) is 0 Å². The smallest absolute Gasteiger partial charge is 0.0671 e. The fraction of sp³-hybridized carbons (Fsp3) is 0.667. The predicted octanol–water partition coefficient (Wildman–Crippen LogP) is 0.828. The monoisotopic (exact) mass is 83.0 g/mol. The molecule has 0 unspecified atom stereocenters. The molecule has 0 aromatic carbocycles. The predicted molar refractivity (Wildman–Crippen MR) is 22.8 cm³/mol. The van der Waals surface area contributed by atoms with Crippen LogP contribution in [0.4, 0.5) is 0 Å². The van der Waals surface area contributed by atoms with E-state index >= 15 is 0 Å². The van der Waals surface area contributed by atoms with Crippen LogP contribution in [0.1, 0.15) is 6.42 Å². The van der Waals surface area contributed by atoms with Gasteiger partial charge < -0.3 is 0 Å². The highest BCUT2D eigenvalue weighted by Gasteiger charge is 1.80. The van der Waals surface area contributed by atoms with Crippen molar-refractivity contribution in [2.45, 2.75) is 6.42 Å². The van der Waals surface area contributed by atoms with Gasteiger partial charge in [-0.2, -0.15) is 5.11 Å². The lowest BCUT2D eigenvalue weighted by Gasteiger charge is -1.85. The van der Waals surface area contributed by atoms with Gasteiger partial charge in [-0.3, -0.25) is 0 Å². The van der Waals surface area contributed by atoms with Crippen molar-refractivity contribution in [3.63, 3.8) is 0 Å². The lowest BCUT2D eigenvalue weighted by molar-refractivity contribution is 0.862. The summed E-state index contributed by atoms with van der Waals surface area (Å²) >= 11 is 0. The molecule has 0 spiro atoms. The van der Waals surface area contributed by atoms with Gasteiger partial charge in [-0.15, -0.1) is 5.10 Å². The summed E-state index contributed by atoms with van der Waals surface area (Å²) in [5.74, 6) is 0. The first-order valence-electron chi connectivity index (χ1n) is 1.88. The van der Waals surface area contributed by atoms with Crippen LogP contribution in [0.15, 0.2) is 15.4 Å². The second kappa shape index (κ2) is 1.64. The van der Waals surface area contributed by atoms with E-state index in [1.54, 1.807) is 6.21 Å². The van der Waals surface area contributed by atoms with E-state index < -0.39 is 0 Å². The molecule has 0 fully saturated rings. The summed E-state index contributed by atoms with van der Waals surface area (Å²) in [7, 11) is 0. The topological polar surface area (TPSA) is 37.1 Å². The summed E-state index contributed by atoms with van der Waals surface area (Å²) in [6, 6.07) is 0. The zero-order chi connectivity index (χ0) is 4.24. The van der Waals surface area contributed by atoms with Crippen LogP contribution in [-0.4, -0.2) is 12.8 Å². The van der Waals surface area contributed by atoms with Crippen LogP contribution in [0.3, 0.4) is 0 Å². The van der Waals surface area contributed by atoms with E-state index in [-0.39, 0.29) is 0 Å². The molecule has 0 saturated carbocycles. The molecule has 0 aliphatic carbocycles. The molecule has 3 heteroatoms. The van der Waals surface area contributed by atoms with Gasteiger partial charge in [0.1, 0.15) is 0 Å². The van der Waals surface area contributed by atoms with Crippen molar-refractivity contribution < 1.29 is 0 Å². The normalized spacial score (nSPS) is 18.7. The van der Waals surface area contributed by atoms with Gasteiger partial charge in [0, 0.05) is 12.6 Å². The molecule has 1 rings (SSSR count). The maximum atomic E-state index is 3.60. The maximum Gasteiger partial charge on any atom is 0.0671 e. The summed E-state index contributed by atoms with van der Waals surface area (Å²) in [4.78, 5) is 0. The van der Waals surface area contributed by atoms with Gasteiger partial charge in [-0.25, -0.2) is 0 Å². The molecule has 1 aliphatic heterocycles. The maximum absolute atomic E-state index is 3.60. The molecular weight excluding hydrogens is 78.1 g/mol. The van der Waals surface area contributed by atoms with Crippen molar-refractivity contribution in [2.75, 3.05) is 6.54 Å². The van der Waals surface area contributed by atoms with E-state index in [0.717, 1.165) is 13.0 Å². The Kier molecular flexibility index (Phi) is 0.948. The summed E-state index contributed by atoms with van der Waals surface area (Å²) in [5, 5.41) is 10.5. The van der Waals surface area contributed by atoms with E-state index in [1.807, 2.05) is 0 Å². The third kappa shape index (κ3) is 0.607. The van der Waals surface area contributed by atoms with Gasteiger partial charge in [0.15, 0.2) is 0 Å². The minimum absolute atomic E-state index is 0.809. The molecule has 1 heterocycles. The van der Waals surface area contributed by atoms with Crippen LogP contribution in [0.5, 0.6) is 0 Å². The van der Waals surface area contributed by atoms with E-state index in [0.29, 0.717) is 0 Å². The van der Waals surface area contributed by atoms with Crippen LogP contribution < -0.4 is 0 Å². The summed E-state index contributed by atoms with van der Waals surface area (Å²) in [5.41, 5.74) is 0. The van der Waals surface area contributed by atoms with Crippen molar-refractivity contribution in [3.05, 3.63) is 0 Å². The van der Waals surface area contributed by atoms with Crippen molar-refractivity contribution >= 4 is 6.21 Å². The van der Waals surface area contributed by atoms with E-state index in [1.165, 1.54) is 0 Å². The first kappa shape index (κ1) is 3.46. The van der Waals surface area contributed by atoms with Gasteiger partial charge in [-0.1, -0.05) is 0 Å². The third-order valence-corrected chi connectivity index (χ3v) is 0.555. The van der Waals surface area contributed by atoms with E-state index in [9.17, 15) is 0 Å². The Labute approximate surface area is 35.8 Å². The second-order valence-corrected chi connectivity index (χ2v) is 1.04. The average Bonchev–Trinajstić information content (AvgIpc) is 1.72. The first-order chi connectivity index (χ1) is 3.00.